The topological polar surface area (TPSA) is 21.3 Å². The van der Waals surface area contributed by atoms with E-state index in [1.807, 2.05) is 0 Å². The Hall–Kier alpha value is -0.380. The SMILES string of the molecule is Brc1ccc2c(c1)CCC(NCCOC1CCCCC1)C2. The van der Waals surface area contributed by atoms with Crippen LogP contribution in [0.1, 0.15) is 49.7 Å². The predicted molar refractivity (Wildman–Crippen MR) is 90.8 cm³/mol. The number of aryl methyl sites for hydroxylation is 1. The van der Waals surface area contributed by atoms with Crippen molar-refractivity contribution in [3.05, 3.63) is 33.8 Å². The summed E-state index contributed by atoms with van der Waals surface area (Å²) < 4.78 is 7.19. The smallest absolute Gasteiger partial charge is 0.0594 e. The molecule has 0 radical (unpaired) electrons. The summed E-state index contributed by atoms with van der Waals surface area (Å²) in [5, 5.41) is 3.68. The van der Waals surface area contributed by atoms with Crippen molar-refractivity contribution in [2.75, 3.05) is 13.2 Å². The van der Waals surface area contributed by atoms with Gasteiger partial charge in [-0.2, -0.15) is 0 Å². The van der Waals surface area contributed by atoms with Gasteiger partial charge in [-0.05, 0) is 55.4 Å². The maximum atomic E-state index is 5.99. The number of benzene rings is 1. The van der Waals surface area contributed by atoms with Gasteiger partial charge < -0.3 is 10.1 Å². The zero-order valence-corrected chi connectivity index (χ0v) is 14.3. The van der Waals surface area contributed by atoms with Crippen molar-refractivity contribution >= 4 is 15.9 Å². The lowest BCUT2D eigenvalue weighted by atomic mass is 9.88. The molecule has 1 N–H and O–H groups in total. The van der Waals surface area contributed by atoms with Crippen molar-refractivity contribution in [3.63, 3.8) is 0 Å². The van der Waals surface area contributed by atoms with Crippen molar-refractivity contribution in [1.29, 1.82) is 0 Å². The van der Waals surface area contributed by atoms with Crippen LogP contribution in [0.25, 0.3) is 0 Å². The summed E-state index contributed by atoms with van der Waals surface area (Å²) in [6, 6.07) is 7.32. The molecule has 0 saturated heterocycles. The molecule has 3 rings (SSSR count). The third kappa shape index (κ3) is 4.54. The average molecular weight is 352 g/mol. The van der Waals surface area contributed by atoms with Crippen molar-refractivity contribution in [2.24, 2.45) is 0 Å². The van der Waals surface area contributed by atoms with E-state index < -0.39 is 0 Å². The molecule has 1 saturated carbocycles. The van der Waals surface area contributed by atoms with Gasteiger partial charge in [-0.1, -0.05) is 41.3 Å². The number of rotatable bonds is 5. The number of halogens is 1. The molecule has 0 aromatic heterocycles. The number of nitrogens with one attached hydrogen (secondary N) is 1. The summed E-state index contributed by atoms with van der Waals surface area (Å²) in [5.74, 6) is 0. The van der Waals surface area contributed by atoms with E-state index in [0.29, 0.717) is 12.1 Å². The molecule has 0 spiro atoms. The van der Waals surface area contributed by atoms with Crippen LogP contribution in [0, 0.1) is 0 Å². The lowest BCUT2D eigenvalue weighted by Crippen LogP contribution is -2.37. The third-order valence-electron chi connectivity index (χ3n) is 4.84. The minimum Gasteiger partial charge on any atom is -0.377 e. The molecular formula is C18H26BrNO. The third-order valence-corrected chi connectivity index (χ3v) is 5.33. The second-order valence-corrected chi connectivity index (χ2v) is 7.35. The first-order valence-corrected chi connectivity index (χ1v) is 9.23. The van der Waals surface area contributed by atoms with Gasteiger partial charge in [0.1, 0.15) is 0 Å². The Morgan fingerprint density at radius 2 is 1.95 bits per heavy atom. The van der Waals surface area contributed by atoms with Gasteiger partial charge in [-0.25, -0.2) is 0 Å². The van der Waals surface area contributed by atoms with Crippen LogP contribution in [0.3, 0.4) is 0 Å². The maximum absolute atomic E-state index is 5.99. The lowest BCUT2D eigenvalue weighted by Gasteiger charge is -2.27. The van der Waals surface area contributed by atoms with Gasteiger partial charge in [0.25, 0.3) is 0 Å². The molecule has 2 aliphatic carbocycles. The fourth-order valence-corrected chi connectivity index (χ4v) is 4.03. The van der Waals surface area contributed by atoms with E-state index in [2.05, 4.69) is 39.4 Å². The van der Waals surface area contributed by atoms with E-state index in [4.69, 9.17) is 4.74 Å². The number of hydrogen-bond acceptors (Lipinski definition) is 2. The Morgan fingerprint density at radius 3 is 2.81 bits per heavy atom. The van der Waals surface area contributed by atoms with Crippen molar-refractivity contribution in [1.82, 2.24) is 5.32 Å². The maximum Gasteiger partial charge on any atom is 0.0594 e. The summed E-state index contributed by atoms with van der Waals surface area (Å²) in [6.07, 6.45) is 10.8. The van der Waals surface area contributed by atoms with Gasteiger partial charge in [-0.15, -0.1) is 0 Å². The zero-order chi connectivity index (χ0) is 14.5. The van der Waals surface area contributed by atoms with Crippen LogP contribution in [-0.2, 0) is 17.6 Å². The molecule has 1 aromatic rings. The van der Waals surface area contributed by atoms with Crippen LogP contribution in [0.4, 0.5) is 0 Å². The van der Waals surface area contributed by atoms with Gasteiger partial charge in [0.05, 0.1) is 12.7 Å². The number of fused-ring (bicyclic) bond motifs is 1. The van der Waals surface area contributed by atoms with Gasteiger partial charge >= 0.3 is 0 Å². The molecule has 2 nitrogen and oxygen atoms in total. The van der Waals surface area contributed by atoms with Crippen LogP contribution >= 0.6 is 15.9 Å². The Balaban J connectivity index is 1.38. The number of hydrogen-bond donors (Lipinski definition) is 1. The van der Waals surface area contributed by atoms with E-state index in [-0.39, 0.29) is 0 Å². The summed E-state index contributed by atoms with van der Waals surface area (Å²) in [7, 11) is 0. The van der Waals surface area contributed by atoms with Crippen LogP contribution < -0.4 is 5.32 Å². The molecule has 0 bridgehead atoms. The highest BCUT2D eigenvalue weighted by Crippen LogP contribution is 2.25. The Morgan fingerprint density at radius 1 is 1.10 bits per heavy atom. The highest BCUT2D eigenvalue weighted by Gasteiger charge is 2.18. The van der Waals surface area contributed by atoms with Crippen LogP contribution in [0.15, 0.2) is 22.7 Å². The Kier molecular flexibility index (Phi) is 5.73. The quantitative estimate of drug-likeness (QED) is 0.800. The molecule has 116 valence electrons. The first-order valence-electron chi connectivity index (χ1n) is 8.43. The second kappa shape index (κ2) is 7.75. The highest BCUT2D eigenvalue weighted by molar-refractivity contribution is 9.10. The zero-order valence-electron chi connectivity index (χ0n) is 12.7. The minimum atomic E-state index is 0.532. The van der Waals surface area contributed by atoms with E-state index in [9.17, 15) is 0 Å². The summed E-state index contributed by atoms with van der Waals surface area (Å²) >= 11 is 3.56. The summed E-state index contributed by atoms with van der Waals surface area (Å²) in [6.45, 7) is 1.86. The largest absolute Gasteiger partial charge is 0.377 e. The van der Waals surface area contributed by atoms with E-state index in [1.165, 1.54) is 60.5 Å². The molecule has 1 aromatic carbocycles. The summed E-state index contributed by atoms with van der Waals surface area (Å²) in [4.78, 5) is 0. The minimum absolute atomic E-state index is 0.532. The van der Waals surface area contributed by atoms with Crippen LogP contribution in [-0.4, -0.2) is 25.3 Å². The van der Waals surface area contributed by atoms with Crippen LogP contribution in [0.5, 0.6) is 0 Å². The van der Waals surface area contributed by atoms with Gasteiger partial charge in [0.15, 0.2) is 0 Å². The highest BCUT2D eigenvalue weighted by atomic mass is 79.9. The van der Waals surface area contributed by atoms with Crippen molar-refractivity contribution in [3.8, 4) is 0 Å². The van der Waals surface area contributed by atoms with Crippen molar-refractivity contribution < 1.29 is 4.74 Å². The van der Waals surface area contributed by atoms with E-state index >= 15 is 0 Å². The molecule has 2 aliphatic rings. The summed E-state index contributed by atoms with van der Waals surface area (Å²) in [5.41, 5.74) is 3.02. The monoisotopic (exact) mass is 351 g/mol. The Bertz CT molecular complexity index is 457. The molecule has 1 atom stereocenters. The standard InChI is InChI=1S/C18H26BrNO/c19-16-8-6-15-13-17(9-7-14(15)12-16)20-10-11-21-18-4-2-1-3-5-18/h6,8,12,17-18,20H,1-5,7,9-11,13H2. The first-order chi connectivity index (χ1) is 10.3. The van der Waals surface area contributed by atoms with Gasteiger partial charge in [0.2, 0.25) is 0 Å². The van der Waals surface area contributed by atoms with Gasteiger partial charge in [0, 0.05) is 17.1 Å². The van der Waals surface area contributed by atoms with Crippen LogP contribution in [0.2, 0.25) is 0 Å². The molecule has 3 heteroatoms. The van der Waals surface area contributed by atoms with Crippen molar-refractivity contribution in [2.45, 2.75) is 63.5 Å². The Labute approximate surface area is 136 Å². The molecule has 0 amide bonds. The first kappa shape index (κ1) is 15.5. The second-order valence-electron chi connectivity index (χ2n) is 6.44. The average Bonchev–Trinajstić information content (AvgIpc) is 2.52. The van der Waals surface area contributed by atoms with E-state index in [0.717, 1.165) is 19.6 Å². The normalized spacial score (nSPS) is 23.0. The lowest BCUT2D eigenvalue weighted by molar-refractivity contribution is 0.0292. The fraction of sp³-hybridized carbons (Fsp3) is 0.667. The molecule has 1 fully saturated rings. The predicted octanol–water partition coefficient (Wildman–Crippen LogP) is 4.25. The molecular weight excluding hydrogens is 326 g/mol. The fourth-order valence-electron chi connectivity index (χ4n) is 3.62. The molecule has 1 unspecified atom stereocenters. The molecule has 0 heterocycles. The van der Waals surface area contributed by atoms with E-state index in [1.54, 1.807) is 0 Å². The number of ether oxygens (including phenoxy) is 1. The molecule has 21 heavy (non-hydrogen) atoms. The van der Waals surface area contributed by atoms with Gasteiger partial charge in [-0.3, -0.25) is 0 Å². The molecule has 0 aliphatic heterocycles.